The molecule has 1 aromatic heterocycles. The van der Waals surface area contributed by atoms with E-state index < -0.39 is 6.09 Å². The number of nitrogens with one attached hydrogen (secondary N) is 2. The highest BCUT2D eigenvalue weighted by Crippen LogP contribution is 2.35. The summed E-state index contributed by atoms with van der Waals surface area (Å²) in [4.78, 5) is 19.7. The van der Waals surface area contributed by atoms with Crippen LogP contribution in [0.25, 0.3) is 10.9 Å². The van der Waals surface area contributed by atoms with Crippen molar-refractivity contribution in [3.05, 3.63) is 52.3 Å². The second kappa shape index (κ2) is 12.4. The molecule has 9 heteroatoms. The van der Waals surface area contributed by atoms with Crippen molar-refractivity contribution in [3.63, 3.8) is 0 Å². The lowest BCUT2D eigenvalue weighted by Crippen LogP contribution is -2.21. The number of aromatic nitrogens is 2. The summed E-state index contributed by atoms with van der Waals surface area (Å²) in [5.74, 6) is 2.69. The molecule has 0 aliphatic carbocycles. The van der Waals surface area contributed by atoms with Gasteiger partial charge in [-0.25, -0.2) is 14.8 Å². The van der Waals surface area contributed by atoms with Crippen molar-refractivity contribution in [3.8, 4) is 11.5 Å². The van der Waals surface area contributed by atoms with Crippen molar-refractivity contribution >= 4 is 38.7 Å². The number of methoxy groups -OCH3 is 1. The monoisotopic (exact) mass is 530 g/mol. The van der Waals surface area contributed by atoms with Gasteiger partial charge in [-0.15, -0.1) is 0 Å². The Balaban J connectivity index is 1.69. The Hall–Kier alpha value is -3.07. The number of halogens is 1. The van der Waals surface area contributed by atoms with Gasteiger partial charge in [-0.3, -0.25) is 0 Å². The number of benzene rings is 2. The maximum absolute atomic E-state index is 10.5. The van der Waals surface area contributed by atoms with Gasteiger partial charge in [-0.1, -0.05) is 40.9 Å². The minimum Gasteiger partial charge on any atom is -0.493 e. The standard InChI is InChI=1S/C25H31BrN4O4/c1-16(18-9-8-10-19(26)13-18)28-24-20-14-22(33-3)23(15-21(20)29-17(2)30-24)34-12-7-5-4-6-11-27-25(31)32/h8-10,13-16,27H,4-7,11-12H2,1-3H3,(H,31,32)(H,28,29,30). The molecule has 8 nitrogen and oxygen atoms in total. The van der Waals surface area contributed by atoms with E-state index in [0.29, 0.717) is 30.5 Å². The lowest BCUT2D eigenvalue weighted by molar-refractivity contribution is 0.194. The number of anilines is 1. The number of rotatable bonds is 12. The van der Waals surface area contributed by atoms with E-state index in [-0.39, 0.29) is 6.04 Å². The molecule has 1 amide bonds. The molecule has 3 rings (SSSR count). The van der Waals surface area contributed by atoms with Gasteiger partial charge in [0.15, 0.2) is 11.5 Å². The zero-order valence-corrected chi connectivity index (χ0v) is 21.3. The number of nitrogens with zero attached hydrogens (tertiary/aromatic N) is 2. The topological polar surface area (TPSA) is 106 Å². The van der Waals surface area contributed by atoms with Crippen LogP contribution in [0.1, 0.15) is 50.0 Å². The van der Waals surface area contributed by atoms with Crippen LogP contribution in [0.4, 0.5) is 10.6 Å². The fourth-order valence-corrected chi connectivity index (χ4v) is 4.07. The molecule has 1 heterocycles. The molecule has 0 aliphatic heterocycles. The van der Waals surface area contributed by atoms with Gasteiger partial charge in [-0.05, 0) is 50.5 Å². The fourth-order valence-electron chi connectivity index (χ4n) is 3.66. The van der Waals surface area contributed by atoms with Crippen molar-refractivity contribution in [2.45, 2.75) is 45.6 Å². The lowest BCUT2D eigenvalue weighted by atomic mass is 10.1. The van der Waals surface area contributed by atoms with E-state index in [2.05, 4.69) is 55.6 Å². The molecular weight excluding hydrogens is 500 g/mol. The lowest BCUT2D eigenvalue weighted by Gasteiger charge is -2.18. The van der Waals surface area contributed by atoms with E-state index in [4.69, 9.17) is 14.6 Å². The van der Waals surface area contributed by atoms with Crippen molar-refractivity contribution in [1.29, 1.82) is 0 Å². The Morgan fingerprint density at radius 2 is 1.91 bits per heavy atom. The van der Waals surface area contributed by atoms with Crippen LogP contribution in [-0.4, -0.2) is 41.4 Å². The number of aryl methyl sites for hydroxylation is 1. The minimum absolute atomic E-state index is 0.0441. The van der Waals surface area contributed by atoms with Gasteiger partial charge in [-0.2, -0.15) is 0 Å². The van der Waals surface area contributed by atoms with Gasteiger partial charge in [0.1, 0.15) is 11.6 Å². The Morgan fingerprint density at radius 3 is 2.65 bits per heavy atom. The molecule has 3 aromatic rings. The van der Waals surface area contributed by atoms with Crippen molar-refractivity contribution in [2.75, 3.05) is 25.6 Å². The van der Waals surface area contributed by atoms with Gasteiger partial charge in [0.25, 0.3) is 0 Å². The Labute approximate surface area is 208 Å². The summed E-state index contributed by atoms with van der Waals surface area (Å²) in [6.07, 6.45) is 2.60. The van der Waals surface area contributed by atoms with E-state index in [0.717, 1.165) is 52.4 Å². The third-order valence-corrected chi connectivity index (χ3v) is 5.89. The predicted molar refractivity (Wildman–Crippen MR) is 137 cm³/mol. The van der Waals surface area contributed by atoms with Crippen molar-refractivity contribution in [2.24, 2.45) is 0 Å². The summed E-state index contributed by atoms with van der Waals surface area (Å²) in [7, 11) is 1.62. The average Bonchev–Trinajstić information content (AvgIpc) is 2.80. The van der Waals surface area contributed by atoms with Crippen LogP contribution >= 0.6 is 15.9 Å². The number of unbranched alkanes of at least 4 members (excludes halogenated alkanes) is 3. The van der Waals surface area contributed by atoms with Crippen molar-refractivity contribution < 1.29 is 19.4 Å². The summed E-state index contributed by atoms with van der Waals surface area (Å²) in [6, 6.07) is 12.0. The first kappa shape index (κ1) is 25.6. The highest BCUT2D eigenvalue weighted by molar-refractivity contribution is 9.10. The molecule has 34 heavy (non-hydrogen) atoms. The Bertz CT molecular complexity index is 1130. The number of amides is 1. The molecule has 0 saturated carbocycles. The molecule has 0 bridgehead atoms. The van der Waals surface area contributed by atoms with Gasteiger partial charge >= 0.3 is 6.09 Å². The van der Waals surface area contributed by atoms with Crippen LogP contribution < -0.4 is 20.1 Å². The van der Waals surface area contributed by atoms with Crippen molar-refractivity contribution in [1.82, 2.24) is 15.3 Å². The SMILES string of the molecule is COc1cc2c(NC(C)c3cccc(Br)c3)nc(C)nc2cc1OCCCCCCNC(=O)O. The zero-order chi connectivity index (χ0) is 24.5. The number of hydrogen-bond donors (Lipinski definition) is 3. The zero-order valence-electron chi connectivity index (χ0n) is 19.7. The van der Waals surface area contributed by atoms with E-state index in [1.165, 1.54) is 0 Å². The van der Waals surface area contributed by atoms with Gasteiger partial charge in [0.05, 0.1) is 25.3 Å². The van der Waals surface area contributed by atoms with Crippen LogP contribution in [0.2, 0.25) is 0 Å². The first-order chi connectivity index (χ1) is 16.4. The molecule has 0 fully saturated rings. The molecule has 0 radical (unpaired) electrons. The molecular formula is C25H31BrN4O4. The molecule has 0 saturated heterocycles. The second-order valence-electron chi connectivity index (χ2n) is 8.06. The minimum atomic E-state index is -0.980. The molecule has 1 atom stereocenters. The number of fused-ring (bicyclic) bond motifs is 1. The first-order valence-electron chi connectivity index (χ1n) is 11.4. The third kappa shape index (κ3) is 7.21. The third-order valence-electron chi connectivity index (χ3n) is 5.40. The van der Waals surface area contributed by atoms with E-state index in [1.807, 2.05) is 31.2 Å². The van der Waals surface area contributed by atoms with E-state index in [9.17, 15) is 4.79 Å². The van der Waals surface area contributed by atoms with Crippen LogP contribution in [0.5, 0.6) is 11.5 Å². The molecule has 0 aliphatic rings. The van der Waals surface area contributed by atoms with Gasteiger partial charge in [0, 0.05) is 22.5 Å². The number of ether oxygens (including phenoxy) is 2. The maximum Gasteiger partial charge on any atom is 0.404 e. The highest BCUT2D eigenvalue weighted by Gasteiger charge is 2.15. The summed E-state index contributed by atoms with van der Waals surface area (Å²) < 4.78 is 12.6. The van der Waals surface area contributed by atoms with Gasteiger partial charge in [0.2, 0.25) is 0 Å². The quantitative estimate of drug-likeness (QED) is 0.243. The smallest absolute Gasteiger partial charge is 0.404 e. The fraction of sp³-hybridized carbons (Fsp3) is 0.400. The molecule has 2 aromatic carbocycles. The van der Waals surface area contributed by atoms with Gasteiger partial charge < -0.3 is 25.2 Å². The molecule has 1 unspecified atom stereocenters. The molecule has 182 valence electrons. The van der Waals surface area contributed by atoms with E-state index in [1.54, 1.807) is 7.11 Å². The summed E-state index contributed by atoms with van der Waals surface area (Å²) in [5, 5.41) is 15.3. The van der Waals surface area contributed by atoms with Crippen LogP contribution in [0.3, 0.4) is 0 Å². The first-order valence-corrected chi connectivity index (χ1v) is 12.1. The maximum atomic E-state index is 10.5. The normalized spacial score (nSPS) is 11.8. The van der Waals surface area contributed by atoms with Crippen LogP contribution in [0, 0.1) is 6.92 Å². The van der Waals surface area contributed by atoms with E-state index >= 15 is 0 Å². The summed E-state index contributed by atoms with van der Waals surface area (Å²) in [5.41, 5.74) is 1.93. The Morgan fingerprint density at radius 1 is 1.12 bits per heavy atom. The average molecular weight is 531 g/mol. The number of carboxylic acid groups (broad SMARTS) is 1. The molecule has 3 N–H and O–H groups in total. The van der Waals surface area contributed by atoms with Crippen LogP contribution in [-0.2, 0) is 0 Å². The largest absolute Gasteiger partial charge is 0.493 e. The van der Waals surface area contributed by atoms with Crippen LogP contribution in [0.15, 0.2) is 40.9 Å². The highest BCUT2D eigenvalue weighted by atomic mass is 79.9. The number of hydrogen-bond acceptors (Lipinski definition) is 6. The number of carbonyl (C=O) groups is 1. The second-order valence-corrected chi connectivity index (χ2v) is 8.97. The Kier molecular flexibility index (Phi) is 9.33. The summed E-state index contributed by atoms with van der Waals surface area (Å²) in [6.45, 7) is 4.99. The predicted octanol–water partition coefficient (Wildman–Crippen LogP) is 6.09. The summed E-state index contributed by atoms with van der Waals surface area (Å²) >= 11 is 3.53. The molecule has 0 spiro atoms.